The molecule has 0 saturated carbocycles. The molecule has 0 radical (unpaired) electrons. The third kappa shape index (κ3) is 4.62. The first-order valence-electron chi connectivity index (χ1n) is 11.1. The highest BCUT2D eigenvalue weighted by molar-refractivity contribution is 5.94. The Morgan fingerprint density at radius 3 is 2.64 bits per heavy atom. The van der Waals surface area contributed by atoms with Crippen LogP contribution in [0.25, 0.3) is 5.65 Å². The zero-order valence-electron chi connectivity index (χ0n) is 18.5. The van der Waals surface area contributed by atoms with Gasteiger partial charge in [-0.1, -0.05) is 18.2 Å². The standard InChI is InChI=1S/C26H26N4O3/c1-19-8-9-25-27-21(17-30(25)16-19)18-33-24-7-2-4-20(14-24)26(32)29-12-10-28(11-13-29)22-5-3-6-23(31)15-22/h2-9,14-17,31H,10-13,18H2,1H3. The molecule has 1 saturated heterocycles. The average molecular weight is 443 g/mol. The Hall–Kier alpha value is -4.00. The van der Waals surface area contributed by atoms with Crippen LogP contribution in [-0.4, -0.2) is 51.5 Å². The topological polar surface area (TPSA) is 70.3 Å². The summed E-state index contributed by atoms with van der Waals surface area (Å²) < 4.78 is 7.93. The number of hydrogen-bond donors (Lipinski definition) is 1. The number of aromatic hydroxyl groups is 1. The van der Waals surface area contributed by atoms with Crippen molar-refractivity contribution in [1.29, 1.82) is 0 Å². The molecule has 2 aromatic carbocycles. The molecule has 0 aliphatic carbocycles. The highest BCUT2D eigenvalue weighted by Crippen LogP contribution is 2.22. The number of rotatable bonds is 5. The fourth-order valence-electron chi connectivity index (χ4n) is 4.14. The molecule has 1 aliphatic heterocycles. The molecule has 7 heteroatoms. The van der Waals surface area contributed by atoms with Crippen LogP contribution >= 0.6 is 0 Å². The Kier molecular flexibility index (Phi) is 5.60. The monoisotopic (exact) mass is 442 g/mol. The first-order valence-corrected chi connectivity index (χ1v) is 11.1. The van der Waals surface area contributed by atoms with E-state index in [1.165, 1.54) is 5.56 Å². The molecule has 7 nitrogen and oxygen atoms in total. The van der Waals surface area contributed by atoms with Crippen molar-refractivity contribution in [3.8, 4) is 11.5 Å². The Bertz CT molecular complexity index is 1290. The molecule has 1 N–H and O–H groups in total. The number of fused-ring (bicyclic) bond motifs is 1. The van der Waals surface area contributed by atoms with Gasteiger partial charge in [-0.05, 0) is 48.9 Å². The summed E-state index contributed by atoms with van der Waals surface area (Å²) in [6.07, 6.45) is 3.99. The summed E-state index contributed by atoms with van der Waals surface area (Å²) in [6.45, 7) is 5.07. The predicted octanol–water partition coefficient (Wildman–Crippen LogP) is 3.89. The van der Waals surface area contributed by atoms with Crippen LogP contribution in [0.2, 0.25) is 0 Å². The van der Waals surface area contributed by atoms with E-state index in [2.05, 4.69) is 9.88 Å². The number of amides is 1. The van der Waals surface area contributed by atoms with Crippen molar-refractivity contribution in [3.05, 3.63) is 89.9 Å². The number of phenols is 1. The molecule has 0 atom stereocenters. The molecule has 1 amide bonds. The maximum Gasteiger partial charge on any atom is 0.254 e. The van der Waals surface area contributed by atoms with Crippen LogP contribution in [0.1, 0.15) is 21.6 Å². The Labute approximate surface area is 192 Å². The van der Waals surface area contributed by atoms with E-state index in [0.717, 1.165) is 30.1 Å². The maximum absolute atomic E-state index is 13.1. The number of carbonyl (C=O) groups excluding carboxylic acids is 1. The largest absolute Gasteiger partial charge is 0.508 e. The van der Waals surface area contributed by atoms with Crippen LogP contribution < -0.4 is 9.64 Å². The van der Waals surface area contributed by atoms with E-state index in [1.807, 2.05) is 71.1 Å². The molecule has 4 aromatic rings. The van der Waals surface area contributed by atoms with Crippen molar-refractivity contribution >= 4 is 17.2 Å². The number of imidazole rings is 1. The number of aryl methyl sites for hydroxylation is 1. The summed E-state index contributed by atoms with van der Waals surface area (Å²) in [5, 5.41) is 9.71. The van der Waals surface area contributed by atoms with Crippen LogP contribution in [0.15, 0.2) is 73.1 Å². The number of piperazine rings is 1. The molecule has 33 heavy (non-hydrogen) atoms. The maximum atomic E-state index is 13.1. The summed E-state index contributed by atoms with van der Waals surface area (Å²) in [4.78, 5) is 21.7. The first kappa shape index (κ1) is 20.9. The molecule has 3 heterocycles. The molecule has 0 unspecified atom stereocenters. The Balaban J connectivity index is 1.21. The number of phenolic OH excluding ortho intramolecular Hbond substituents is 1. The SMILES string of the molecule is Cc1ccc2nc(COc3cccc(C(=O)N4CCN(c5cccc(O)c5)CC4)c3)cn2c1. The number of nitrogens with zero attached hydrogens (tertiary/aromatic N) is 4. The highest BCUT2D eigenvalue weighted by Gasteiger charge is 2.22. The van der Waals surface area contributed by atoms with Gasteiger partial charge in [0.25, 0.3) is 5.91 Å². The van der Waals surface area contributed by atoms with Crippen molar-refractivity contribution in [3.63, 3.8) is 0 Å². The lowest BCUT2D eigenvalue weighted by Gasteiger charge is -2.36. The van der Waals surface area contributed by atoms with Crippen LogP contribution in [0.4, 0.5) is 5.69 Å². The second-order valence-corrected chi connectivity index (χ2v) is 8.32. The average Bonchev–Trinajstić information content (AvgIpc) is 3.24. The number of aromatic nitrogens is 2. The lowest BCUT2D eigenvalue weighted by molar-refractivity contribution is 0.0746. The van der Waals surface area contributed by atoms with Crippen molar-refractivity contribution in [2.45, 2.75) is 13.5 Å². The van der Waals surface area contributed by atoms with Gasteiger partial charge in [0, 0.05) is 55.9 Å². The minimum absolute atomic E-state index is 0.000728. The summed E-state index contributed by atoms with van der Waals surface area (Å²) in [5.41, 5.74) is 4.47. The van der Waals surface area contributed by atoms with Gasteiger partial charge in [0.1, 0.15) is 23.8 Å². The molecular formula is C26H26N4O3. The molecule has 0 bridgehead atoms. The lowest BCUT2D eigenvalue weighted by Crippen LogP contribution is -2.48. The van der Waals surface area contributed by atoms with Crippen LogP contribution in [0.5, 0.6) is 11.5 Å². The predicted molar refractivity (Wildman–Crippen MR) is 127 cm³/mol. The third-order valence-electron chi connectivity index (χ3n) is 5.88. The minimum atomic E-state index is -0.000728. The van der Waals surface area contributed by atoms with Gasteiger partial charge < -0.3 is 24.0 Å². The van der Waals surface area contributed by atoms with Crippen molar-refractivity contribution in [1.82, 2.24) is 14.3 Å². The number of benzene rings is 2. The van der Waals surface area contributed by atoms with Crippen LogP contribution in [0, 0.1) is 6.92 Å². The highest BCUT2D eigenvalue weighted by atomic mass is 16.5. The van der Waals surface area contributed by atoms with Gasteiger partial charge in [-0.25, -0.2) is 4.98 Å². The van der Waals surface area contributed by atoms with Crippen molar-refractivity contribution in [2.75, 3.05) is 31.1 Å². The summed E-state index contributed by atoms with van der Waals surface area (Å²) >= 11 is 0. The summed E-state index contributed by atoms with van der Waals surface area (Å²) in [5.74, 6) is 0.897. The molecule has 1 fully saturated rings. The normalized spacial score (nSPS) is 14.0. The van der Waals surface area contributed by atoms with Crippen LogP contribution in [-0.2, 0) is 6.61 Å². The van der Waals surface area contributed by atoms with Gasteiger partial charge >= 0.3 is 0 Å². The molecule has 5 rings (SSSR count). The van der Waals surface area contributed by atoms with Gasteiger partial charge in [0.15, 0.2) is 0 Å². The molecular weight excluding hydrogens is 416 g/mol. The third-order valence-corrected chi connectivity index (χ3v) is 5.88. The fraction of sp³-hybridized carbons (Fsp3) is 0.231. The van der Waals surface area contributed by atoms with E-state index in [0.29, 0.717) is 31.0 Å². The van der Waals surface area contributed by atoms with Gasteiger partial charge in [-0.15, -0.1) is 0 Å². The number of pyridine rings is 1. The fourth-order valence-corrected chi connectivity index (χ4v) is 4.14. The second-order valence-electron chi connectivity index (χ2n) is 8.32. The van der Waals surface area contributed by atoms with E-state index < -0.39 is 0 Å². The number of ether oxygens (including phenoxy) is 1. The van der Waals surface area contributed by atoms with Crippen molar-refractivity contribution in [2.24, 2.45) is 0 Å². The zero-order chi connectivity index (χ0) is 22.8. The van der Waals surface area contributed by atoms with Gasteiger partial charge in [0.05, 0.1) is 5.69 Å². The van der Waals surface area contributed by atoms with E-state index in [-0.39, 0.29) is 11.7 Å². The zero-order valence-corrected chi connectivity index (χ0v) is 18.5. The smallest absolute Gasteiger partial charge is 0.254 e. The van der Waals surface area contributed by atoms with Gasteiger partial charge in [-0.3, -0.25) is 4.79 Å². The number of hydrogen-bond acceptors (Lipinski definition) is 5. The van der Waals surface area contributed by atoms with Gasteiger partial charge in [-0.2, -0.15) is 0 Å². The van der Waals surface area contributed by atoms with Crippen molar-refractivity contribution < 1.29 is 14.6 Å². The van der Waals surface area contributed by atoms with Gasteiger partial charge in [0.2, 0.25) is 0 Å². The van der Waals surface area contributed by atoms with E-state index in [9.17, 15) is 9.90 Å². The Morgan fingerprint density at radius 2 is 1.82 bits per heavy atom. The lowest BCUT2D eigenvalue weighted by atomic mass is 10.1. The van der Waals surface area contributed by atoms with E-state index in [1.54, 1.807) is 18.2 Å². The number of carbonyl (C=O) groups is 1. The first-order chi connectivity index (χ1) is 16.0. The molecule has 2 aromatic heterocycles. The summed E-state index contributed by atoms with van der Waals surface area (Å²) in [6, 6.07) is 18.6. The number of anilines is 1. The quantitative estimate of drug-likeness (QED) is 0.508. The molecule has 0 spiro atoms. The van der Waals surface area contributed by atoms with Crippen LogP contribution in [0.3, 0.4) is 0 Å². The summed E-state index contributed by atoms with van der Waals surface area (Å²) in [7, 11) is 0. The van der Waals surface area contributed by atoms with E-state index >= 15 is 0 Å². The van der Waals surface area contributed by atoms with E-state index in [4.69, 9.17) is 4.74 Å². The minimum Gasteiger partial charge on any atom is -0.508 e. The molecule has 1 aliphatic rings. The second kappa shape index (κ2) is 8.86. The molecule has 168 valence electrons. The Morgan fingerprint density at radius 1 is 1.00 bits per heavy atom.